The van der Waals surface area contributed by atoms with Gasteiger partial charge in [-0.25, -0.2) is 4.98 Å². The lowest BCUT2D eigenvalue weighted by Crippen LogP contribution is -2.27. The minimum absolute atomic E-state index is 0.0163. The summed E-state index contributed by atoms with van der Waals surface area (Å²) in [6.45, 7) is 2.70. The fraction of sp³-hybridized carbons (Fsp3) is 0.438. The molecule has 0 saturated carbocycles. The number of aliphatic hydroxyl groups excluding tert-OH is 1. The van der Waals surface area contributed by atoms with Gasteiger partial charge < -0.3 is 15.4 Å². The van der Waals surface area contributed by atoms with E-state index in [4.69, 9.17) is 5.73 Å². The summed E-state index contributed by atoms with van der Waals surface area (Å²) in [5.74, 6) is 0.339. The van der Waals surface area contributed by atoms with Crippen molar-refractivity contribution in [3.8, 4) is 0 Å². The fourth-order valence-electron chi connectivity index (χ4n) is 2.36. The summed E-state index contributed by atoms with van der Waals surface area (Å²) in [4.78, 5) is 19.3. The Labute approximate surface area is 130 Å². The van der Waals surface area contributed by atoms with E-state index in [1.165, 1.54) is 5.56 Å². The van der Waals surface area contributed by atoms with Gasteiger partial charge in [0.25, 0.3) is 0 Å². The number of nitrogens with two attached hydrogens (primary N) is 1. The van der Waals surface area contributed by atoms with Gasteiger partial charge in [0.15, 0.2) is 0 Å². The summed E-state index contributed by atoms with van der Waals surface area (Å²) in [6, 6.07) is 3.97. The molecule has 6 heteroatoms. The maximum atomic E-state index is 10.9. The number of primary amides is 1. The molecule has 0 aliphatic heterocycles. The molecule has 0 saturated heterocycles. The van der Waals surface area contributed by atoms with Crippen molar-refractivity contribution in [3.63, 3.8) is 0 Å². The zero-order chi connectivity index (χ0) is 15.9. The van der Waals surface area contributed by atoms with Gasteiger partial charge in [0, 0.05) is 37.8 Å². The Hall–Kier alpha value is -2.21. The van der Waals surface area contributed by atoms with Crippen molar-refractivity contribution in [1.29, 1.82) is 0 Å². The van der Waals surface area contributed by atoms with E-state index in [0.717, 1.165) is 18.8 Å². The molecule has 0 fully saturated rings. The van der Waals surface area contributed by atoms with Gasteiger partial charge in [0.05, 0.1) is 12.5 Å². The van der Waals surface area contributed by atoms with E-state index in [1.54, 1.807) is 12.4 Å². The first kappa shape index (κ1) is 16.2. The van der Waals surface area contributed by atoms with Crippen LogP contribution in [0.25, 0.3) is 0 Å². The second kappa shape index (κ2) is 7.70. The van der Waals surface area contributed by atoms with E-state index >= 15 is 0 Å². The molecule has 0 spiro atoms. The third-order valence-electron chi connectivity index (χ3n) is 3.74. The summed E-state index contributed by atoms with van der Waals surface area (Å²) in [5.41, 5.74) is 6.29. The lowest BCUT2D eigenvalue weighted by atomic mass is 9.97. The van der Waals surface area contributed by atoms with Crippen LogP contribution in [-0.2, 0) is 24.2 Å². The molecular weight excluding hydrogens is 280 g/mol. The van der Waals surface area contributed by atoms with Crippen LogP contribution in [0.15, 0.2) is 36.9 Å². The number of carbonyl (C=O) groups is 1. The van der Waals surface area contributed by atoms with Gasteiger partial charge in [-0.1, -0.05) is 13.0 Å². The number of carbonyl (C=O) groups excluding carboxylic acids is 1. The first-order valence-corrected chi connectivity index (χ1v) is 7.41. The summed E-state index contributed by atoms with van der Waals surface area (Å²) >= 11 is 0. The highest BCUT2D eigenvalue weighted by molar-refractivity contribution is 5.74. The molecule has 2 rings (SSSR count). The SMILES string of the molecule is C[C@H](Cc1nccn1CCc1cccnc1)[C@@H](O)CC(N)=O. The van der Waals surface area contributed by atoms with E-state index in [1.807, 2.05) is 31.5 Å². The molecule has 2 heterocycles. The Morgan fingerprint density at radius 2 is 2.27 bits per heavy atom. The highest BCUT2D eigenvalue weighted by atomic mass is 16.3. The van der Waals surface area contributed by atoms with E-state index in [2.05, 4.69) is 14.5 Å². The van der Waals surface area contributed by atoms with Crippen LogP contribution in [0.4, 0.5) is 0 Å². The van der Waals surface area contributed by atoms with Gasteiger partial charge in [-0.05, 0) is 24.0 Å². The number of hydrogen-bond acceptors (Lipinski definition) is 4. The Kier molecular flexibility index (Phi) is 5.66. The fourth-order valence-corrected chi connectivity index (χ4v) is 2.36. The number of aromatic nitrogens is 3. The average molecular weight is 302 g/mol. The van der Waals surface area contributed by atoms with E-state index in [0.29, 0.717) is 6.42 Å². The van der Waals surface area contributed by atoms with Gasteiger partial charge in [-0.3, -0.25) is 9.78 Å². The number of hydrogen-bond donors (Lipinski definition) is 2. The Morgan fingerprint density at radius 1 is 1.45 bits per heavy atom. The van der Waals surface area contributed by atoms with Crippen molar-refractivity contribution < 1.29 is 9.90 Å². The molecule has 0 aliphatic rings. The second-order valence-corrected chi connectivity index (χ2v) is 5.57. The molecule has 3 N–H and O–H groups in total. The third kappa shape index (κ3) is 4.66. The van der Waals surface area contributed by atoms with Crippen molar-refractivity contribution >= 4 is 5.91 Å². The number of rotatable bonds is 8. The topological polar surface area (TPSA) is 94.0 Å². The van der Waals surface area contributed by atoms with Crippen molar-refractivity contribution in [2.75, 3.05) is 0 Å². The molecule has 6 nitrogen and oxygen atoms in total. The zero-order valence-electron chi connectivity index (χ0n) is 12.7. The minimum atomic E-state index is -0.735. The highest BCUT2D eigenvalue weighted by Crippen LogP contribution is 2.14. The number of aliphatic hydroxyl groups is 1. The molecule has 2 atom stereocenters. The molecule has 0 aromatic carbocycles. The largest absolute Gasteiger partial charge is 0.392 e. The van der Waals surface area contributed by atoms with Gasteiger partial charge >= 0.3 is 0 Å². The molecule has 22 heavy (non-hydrogen) atoms. The Bertz CT molecular complexity index is 597. The van der Waals surface area contributed by atoms with Crippen LogP contribution in [0.2, 0.25) is 0 Å². The molecule has 0 radical (unpaired) electrons. The van der Waals surface area contributed by atoms with Crippen LogP contribution in [0, 0.1) is 5.92 Å². The average Bonchev–Trinajstić information content (AvgIpc) is 2.92. The third-order valence-corrected chi connectivity index (χ3v) is 3.74. The number of pyridine rings is 1. The molecule has 2 aromatic rings. The highest BCUT2D eigenvalue weighted by Gasteiger charge is 2.19. The molecule has 0 unspecified atom stereocenters. The van der Waals surface area contributed by atoms with Gasteiger partial charge in [0.1, 0.15) is 5.82 Å². The molecule has 0 aliphatic carbocycles. The van der Waals surface area contributed by atoms with Crippen LogP contribution < -0.4 is 5.73 Å². The lowest BCUT2D eigenvalue weighted by molar-refractivity contribution is -0.120. The molecule has 118 valence electrons. The van der Waals surface area contributed by atoms with E-state index < -0.39 is 12.0 Å². The predicted molar refractivity (Wildman–Crippen MR) is 82.9 cm³/mol. The smallest absolute Gasteiger partial charge is 0.220 e. The van der Waals surface area contributed by atoms with E-state index in [9.17, 15) is 9.90 Å². The summed E-state index contributed by atoms with van der Waals surface area (Å²) in [5, 5.41) is 9.94. The molecule has 1 amide bonds. The van der Waals surface area contributed by atoms with Crippen molar-refractivity contribution in [1.82, 2.24) is 14.5 Å². The van der Waals surface area contributed by atoms with Crippen LogP contribution in [-0.4, -0.2) is 31.7 Å². The first-order valence-electron chi connectivity index (χ1n) is 7.41. The summed E-state index contributed by atoms with van der Waals surface area (Å²) in [7, 11) is 0. The molecule has 0 bridgehead atoms. The normalized spacial score (nSPS) is 13.7. The number of nitrogens with zero attached hydrogens (tertiary/aromatic N) is 3. The van der Waals surface area contributed by atoms with Crippen LogP contribution in [0.1, 0.15) is 24.7 Å². The number of imidazole rings is 1. The monoisotopic (exact) mass is 302 g/mol. The molecule has 2 aromatic heterocycles. The van der Waals surface area contributed by atoms with Gasteiger partial charge in [-0.15, -0.1) is 0 Å². The van der Waals surface area contributed by atoms with Crippen LogP contribution in [0.3, 0.4) is 0 Å². The van der Waals surface area contributed by atoms with Crippen molar-refractivity contribution in [3.05, 3.63) is 48.3 Å². The van der Waals surface area contributed by atoms with E-state index in [-0.39, 0.29) is 12.3 Å². The van der Waals surface area contributed by atoms with Crippen LogP contribution >= 0.6 is 0 Å². The summed E-state index contributed by atoms with van der Waals surface area (Å²) in [6.07, 6.45) is 8.02. The first-order chi connectivity index (χ1) is 10.6. The summed E-state index contributed by atoms with van der Waals surface area (Å²) < 4.78 is 2.07. The lowest BCUT2D eigenvalue weighted by Gasteiger charge is -2.18. The quantitative estimate of drug-likeness (QED) is 0.758. The maximum Gasteiger partial charge on any atom is 0.220 e. The minimum Gasteiger partial charge on any atom is -0.392 e. The standard InChI is InChI=1S/C16H22N4O2/c1-12(14(21)10-15(17)22)9-16-19-6-8-20(16)7-4-13-3-2-5-18-11-13/h2-3,5-6,8,11-12,14,21H,4,7,9-10H2,1H3,(H2,17,22)/t12-,14+/m1/s1. The number of aryl methyl sites for hydroxylation is 2. The predicted octanol–water partition coefficient (Wildman–Crippen LogP) is 0.936. The molecular formula is C16H22N4O2. The zero-order valence-corrected chi connectivity index (χ0v) is 12.7. The van der Waals surface area contributed by atoms with Crippen molar-refractivity contribution in [2.24, 2.45) is 11.7 Å². The number of amides is 1. The maximum absolute atomic E-state index is 10.9. The second-order valence-electron chi connectivity index (χ2n) is 5.57. The van der Waals surface area contributed by atoms with Crippen molar-refractivity contribution in [2.45, 2.75) is 38.8 Å². The Balaban J connectivity index is 1.93. The van der Waals surface area contributed by atoms with Gasteiger partial charge in [0.2, 0.25) is 5.91 Å². The van der Waals surface area contributed by atoms with Crippen LogP contribution in [0.5, 0.6) is 0 Å². The Morgan fingerprint density at radius 3 is 2.95 bits per heavy atom. The van der Waals surface area contributed by atoms with Gasteiger partial charge in [-0.2, -0.15) is 0 Å².